The van der Waals surface area contributed by atoms with E-state index in [2.05, 4.69) is 69.1 Å². The highest BCUT2D eigenvalue weighted by Crippen LogP contribution is 2.39. The topological polar surface area (TPSA) is 32.7 Å². The lowest BCUT2D eigenvalue weighted by Gasteiger charge is -2.38. The van der Waals surface area contributed by atoms with Crippen molar-refractivity contribution in [3.05, 3.63) is 35.9 Å². The van der Waals surface area contributed by atoms with Crippen molar-refractivity contribution >= 4 is 8.32 Å². The summed E-state index contributed by atoms with van der Waals surface area (Å²) in [4.78, 5) is 2.49. The molecule has 1 aliphatic rings. The van der Waals surface area contributed by atoms with Crippen molar-refractivity contribution in [1.29, 1.82) is 0 Å². The van der Waals surface area contributed by atoms with Gasteiger partial charge in [-0.05, 0) is 36.5 Å². The molecule has 4 heteroatoms. The molecule has 3 nitrogen and oxygen atoms in total. The van der Waals surface area contributed by atoms with Gasteiger partial charge in [-0.15, -0.1) is 0 Å². The minimum absolute atomic E-state index is 0.242. The first-order valence-electron chi connectivity index (χ1n) is 8.79. The molecule has 1 heterocycles. The molecule has 23 heavy (non-hydrogen) atoms. The molecule has 0 radical (unpaired) electrons. The lowest BCUT2D eigenvalue weighted by Crippen LogP contribution is -2.44. The van der Waals surface area contributed by atoms with Crippen LogP contribution in [0.1, 0.15) is 39.2 Å². The minimum Gasteiger partial charge on any atom is -0.413 e. The first-order chi connectivity index (χ1) is 10.7. The molecule has 0 amide bonds. The Morgan fingerprint density at radius 1 is 1.22 bits per heavy atom. The van der Waals surface area contributed by atoms with Gasteiger partial charge in [-0.3, -0.25) is 4.90 Å². The molecule has 1 aromatic carbocycles. The van der Waals surface area contributed by atoms with Crippen LogP contribution < -0.4 is 0 Å². The number of benzene rings is 1. The van der Waals surface area contributed by atoms with Gasteiger partial charge in [-0.1, -0.05) is 51.1 Å². The fourth-order valence-corrected chi connectivity index (χ4v) is 4.44. The Hall–Kier alpha value is -0.683. The number of aliphatic hydroxyl groups is 1. The standard InChI is InChI=1S/C19H33NO2Si/c1-19(2,3)23(4,5)22-18-13-17(11-12-21)20(15-18)14-16-9-7-6-8-10-16/h6-10,17-18,21H,11-15H2,1-5H3/t17-,18-/m1/s1. The summed E-state index contributed by atoms with van der Waals surface area (Å²) in [5.74, 6) is 0. The van der Waals surface area contributed by atoms with E-state index in [9.17, 15) is 5.11 Å². The largest absolute Gasteiger partial charge is 0.413 e. The van der Waals surface area contributed by atoms with Crippen LogP contribution >= 0.6 is 0 Å². The van der Waals surface area contributed by atoms with Crippen LogP contribution in [0.3, 0.4) is 0 Å². The number of nitrogens with zero attached hydrogens (tertiary/aromatic N) is 1. The number of likely N-dealkylation sites (tertiary alicyclic amines) is 1. The van der Waals surface area contributed by atoms with E-state index in [0.29, 0.717) is 12.1 Å². The average Bonchev–Trinajstić information content (AvgIpc) is 2.80. The van der Waals surface area contributed by atoms with Gasteiger partial charge in [0.2, 0.25) is 0 Å². The lowest BCUT2D eigenvalue weighted by molar-refractivity contribution is 0.171. The molecular formula is C19H33NO2Si. The maximum atomic E-state index is 9.40. The van der Waals surface area contributed by atoms with Crippen molar-refractivity contribution < 1.29 is 9.53 Å². The molecule has 1 saturated heterocycles. The zero-order valence-electron chi connectivity index (χ0n) is 15.4. The highest BCUT2D eigenvalue weighted by molar-refractivity contribution is 6.74. The van der Waals surface area contributed by atoms with E-state index in [0.717, 1.165) is 25.9 Å². The molecule has 0 aliphatic carbocycles. The van der Waals surface area contributed by atoms with Gasteiger partial charge in [0, 0.05) is 25.7 Å². The van der Waals surface area contributed by atoms with Gasteiger partial charge in [-0.25, -0.2) is 0 Å². The molecule has 0 unspecified atom stereocenters. The second kappa shape index (κ2) is 7.47. The highest BCUT2D eigenvalue weighted by Gasteiger charge is 2.42. The van der Waals surface area contributed by atoms with E-state index < -0.39 is 8.32 Å². The van der Waals surface area contributed by atoms with Crippen molar-refractivity contribution in [2.75, 3.05) is 13.2 Å². The summed E-state index contributed by atoms with van der Waals surface area (Å²) in [6.45, 7) is 13.7. The Labute approximate surface area is 142 Å². The molecule has 1 aliphatic heterocycles. The van der Waals surface area contributed by atoms with Crippen LogP contribution in [0.15, 0.2) is 30.3 Å². The summed E-state index contributed by atoms with van der Waals surface area (Å²) >= 11 is 0. The maximum Gasteiger partial charge on any atom is 0.192 e. The van der Waals surface area contributed by atoms with E-state index in [4.69, 9.17) is 4.43 Å². The Kier molecular flexibility index (Phi) is 6.06. The molecule has 0 aromatic heterocycles. The van der Waals surface area contributed by atoms with E-state index >= 15 is 0 Å². The fourth-order valence-electron chi connectivity index (χ4n) is 3.08. The van der Waals surface area contributed by atoms with Crippen LogP contribution in [0.4, 0.5) is 0 Å². The van der Waals surface area contributed by atoms with Crippen LogP contribution in [-0.4, -0.2) is 43.6 Å². The average molecular weight is 336 g/mol. The molecule has 2 rings (SSSR count). The van der Waals surface area contributed by atoms with Crippen molar-refractivity contribution in [3.63, 3.8) is 0 Å². The summed E-state index contributed by atoms with van der Waals surface area (Å²) in [7, 11) is -1.73. The third kappa shape index (κ3) is 4.89. The molecule has 130 valence electrons. The van der Waals surface area contributed by atoms with E-state index in [1.54, 1.807) is 0 Å². The van der Waals surface area contributed by atoms with Gasteiger partial charge >= 0.3 is 0 Å². The van der Waals surface area contributed by atoms with Crippen LogP contribution in [0, 0.1) is 0 Å². The quantitative estimate of drug-likeness (QED) is 0.797. The van der Waals surface area contributed by atoms with E-state index in [1.807, 2.05) is 0 Å². The SMILES string of the molecule is CC(C)(C)[Si](C)(C)O[C@@H]1C[C@@H](CCO)N(Cc2ccccc2)C1. The smallest absolute Gasteiger partial charge is 0.192 e. The predicted octanol–water partition coefficient (Wildman–Crippen LogP) is 4.03. The van der Waals surface area contributed by atoms with Gasteiger partial charge in [0.05, 0.1) is 6.10 Å². The summed E-state index contributed by atoms with van der Waals surface area (Å²) in [5.41, 5.74) is 1.34. The Balaban J connectivity index is 2.03. The molecule has 1 N–H and O–H groups in total. The first kappa shape index (κ1) is 18.7. The van der Waals surface area contributed by atoms with Crippen molar-refractivity contribution in [2.45, 2.75) is 70.4 Å². The first-order valence-corrected chi connectivity index (χ1v) is 11.7. The molecule has 0 saturated carbocycles. The molecular weight excluding hydrogens is 302 g/mol. The molecule has 1 aromatic rings. The summed E-state index contributed by atoms with van der Waals surface area (Å²) in [6, 6.07) is 11.0. The third-order valence-electron chi connectivity index (χ3n) is 5.45. The van der Waals surface area contributed by atoms with E-state index in [-0.39, 0.29) is 11.6 Å². The zero-order chi connectivity index (χ0) is 17.1. The third-order valence-corrected chi connectivity index (χ3v) is 9.98. The number of hydrogen-bond donors (Lipinski definition) is 1. The number of aliphatic hydroxyl groups excluding tert-OH is 1. The van der Waals surface area contributed by atoms with Crippen molar-refractivity contribution in [2.24, 2.45) is 0 Å². The summed E-state index contributed by atoms with van der Waals surface area (Å²) in [6.07, 6.45) is 2.18. The van der Waals surface area contributed by atoms with Gasteiger partial charge in [-0.2, -0.15) is 0 Å². The van der Waals surface area contributed by atoms with Gasteiger partial charge < -0.3 is 9.53 Å². The van der Waals surface area contributed by atoms with Crippen molar-refractivity contribution in [3.8, 4) is 0 Å². The molecule has 1 fully saturated rings. The normalized spacial score (nSPS) is 23.4. The van der Waals surface area contributed by atoms with Crippen molar-refractivity contribution in [1.82, 2.24) is 4.90 Å². The van der Waals surface area contributed by atoms with Gasteiger partial charge in [0.25, 0.3) is 0 Å². The second-order valence-electron chi connectivity index (χ2n) is 8.32. The zero-order valence-corrected chi connectivity index (χ0v) is 16.4. The number of hydrogen-bond acceptors (Lipinski definition) is 3. The van der Waals surface area contributed by atoms with Gasteiger partial charge in [0.15, 0.2) is 8.32 Å². The minimum atomic E-state index is -1.73. The van der Waals surface area contributed by atoms with Crippen LogP contribution in [0.5, 0.6) is 0 Å². The van der Waals surface area contributed by atoms with Crippen LogP contribution in [0.25, 0.3) is 0 Å². The Morgan fingerprint density at radius 2 is 1.87 bits per heavy atom. The lowest BCUT2D eigenvalue weighted by atomic mass is 10.1. The summed E-state index contributed by atoms with van der Waals surface area (Å²) in [5, 5.41) is 9.64. The number of rotatable bonds is 6. The highest BCUT2D eigenvalue weighted by atomic mass is 28.4. The second-order valence-corrected chi connectivity index (χ2v) is 13.1. The van der Waals surface area contributed by atoms with Crippen LogP contribution in [0.2, 0.25) is 18.1 Å². The fraction of sp³-hybridized carbons (Fsp3) is 0.684. The maximum absolute atomic E-state index is 9.40. The summed E-state index contributed by atoms with van der Waals surface area (Å²) < 4.78 is 6.62. The Morgan fingerprint density at radius 3 is 2.43 bits per heavy atom. The molecule has 0 spiro atoms. The van der Waals surface area contributed by atoms with E-state index in [1.165, 1.54) is 5.56 Å². The van der Waals surface area contributed by atoms with Crippen LogP contribution in [-0.2, 0) is 11.0 Å². The monoisotopic (exact) mass is 335 g/mol. The Bertz CT molecular complexity index is 484. The molecule has 2 atom stereocenters. The van der Waals surface area contributed by atoms with Gasteiger partial charge in [0.1, 0.15) is 0 Å². The predicted molar refractivity (Wildman–Crippen MR) is 99.0 cm³/mol. The molecule has 0 bridgehead atoms.